The molecule has 0 radical (unpaired) electrons. The Morgan fingerprint density at radius 3 is 2.47 bits per heavy atom. The van der Waals surface area contributed by atoms with Crippen LogP contribution in [0, 0.1) is 12.7 Å². The van der Waals surface area contributed by atoms with Crippen molar-refractivity contribution >= 4 is 34.2 Å². The molecule has 2 rings (SSSR count). The van der Waals surface area contributed by atoms with Crippen molar-refractivity contribution in [3.8, 4) is 11.5 Å². The SMILES string of the molecule is CC[C@@H](N[S@](=O)C(C)(C)C)c1ccc(Cl)c(Oc2ccc(NC(C)=O)c(C)c2)c1F. The number of ether oxygens (including phenoxy) is 1. The summed E-state index contributed by atoms with van der Waals surface area (Å²) in [6, 6.07) is 7.69. The fourth-order valence-electron chi connectivity index (χ4n) is 2.73. The molecule has 2 N–H and O–H groups in total. The van der Waals surface area contributed by atoms with Crippen LogP contribution in [0.25, 0.3) is 0 Å². The zero-order valence-electron chi connectivity index (χ0n) is 18.1. The molecule has 0 fully saturated rings. The molecule has 164 valence electrons. The van der Waals surface area contributed by atoms with Crippen LogP contribution in [0.4, 0.5) is 10.1 Å². The van der Waals surface area contributed by atoms with Crippen molar-refractivity contribution in [1.29, 1.82) is 0 Å². The molecule has 1 amide bonds. The fourth-order valence-corrected chi connectivity index (χ4v) is 3.82. The molecule has 2 atom stereocenters. The topological polar surface area (TPSA) is 67.4 Å². The van der Waals surface area contributed by atoms with Crippen LogP contribution in [-0.2, 0) is 15.8 Å². The summed E-state index contributed by atoms with van der Waals surface area (Å²) < 4.78 is 36.1. The zero-order chi connectivity index (χ0) is 22.6. The molecule has 30 heavy (non-hydrogen) atoms. The minimum Gasteiger partial charge on any atom is -0.453 e. The Balaban J connectivity index is 2.35. The second-order valence-corrected chi connectivity index (χ2v) is 10.4. The van der Waals surface area contributed by atoms with E-state index in [1.807, 2.05) is 34.6 Å². The first kappa shape index (κ1) is 24.3. The van der Waals surface area contributed by atoms with Gasteiger partial charge in [0, 0.05) is 24.2 Å². The maximum Gasteiger partial charge on any atom is 0.221 e. The predicted molar refractivity (Wildman–Crippen MR) is 121 cm³/mol. The Labute approximate surface area is 184 Å². The highest BCUT2D eigenvalue weighted by atomic mass is 35.5. The molecule has 0 heterocycles. The lowest BCUT2D eigenvalue weighted by Gasteiger charge is -2.24. The summed E-state index contributed by atoms with van der Waals surface area (Å²) in [6.45, 7) is 10.7. The van der Waals surface area contributed by atoms with Crippen LogP contribution < -0.4 is 14.8 Å². The molecule has 0 unspecified atom stereocenters. The first-order valence-corrected chi connectivity index (χ1v) is 11.2. The lowest BCUT2D eigenvalue weighted by Crippen LogP contribution is -2.35. The van der Waals surface area contributed by atoms with E-state index in [1.165, 1.54) is 6.92 Å². The van der Waals surface area contributed by atoms with Crippen molar-refractivity contribution in [3.63, 3.8) is 0 Å². The summed E-state index contributed by atoms with van der Waals surface area (Å²) in [6.07, 6.45) is 0.532. The Kier molecular flexibility index (Phi) is 8.02. The molecular weight excluding hydrogens is 427 g/mol. The molecule has 0 saturated heterocycles. The first-order valence-electron chi connectivity index (χ1n) is 9.66. The average Bonchev–Trinajstić information content (AvgIpc) is 2.64. The number of benzene rings is 2. The number of nitrogens with one attached hydrogen (secondary N) is 2. The van der Waals surface area contributed by atoms with Crippen molar-refractivity contribution in [2.75, 3.05) is 5.32 Å². The highest BCUT2D eigenvalue weighted by Crippen LogP contribution is 2.37. The Bertz CT molecular complexity index is 960. The van der Waals surface area contributed by atoms with Gasteiger partial charge < -0.3 is 10.1 Å². The molecule has 2 aromatic rings. The number of hydrogen-bond acceptors (Lipinski definition) is 3. The number of carbonyl (C=O) groups excluding carboxylic acids is 1. The molecule has 2 aromatic carbocycles. The van der Waals surface area contributed by atoms with Crippen LogP contribution in [0.1, 0.15) is 58.2 Å². The zero-order valence-corrected chi connectivity index (χ0v) is 19.6. The van der Waals surface area contributed by atoms with E-state index in [0.717, 1.165) is 5.56 Å². The molecule has 0 spiro atoms. The van der Waals surface area contributed by atoms with Crippen molar-refractivity contribution < 1.29 is 18.1 Å². The van der Waals surface area contributed by atoms with Crippen LogP contribution in [0.5, 0.6) is 11.5 Å². The maximum atomic E-state index is 15.3. The van der Waals surface area contributed by atoms with Crippen LogP contribution in [-0.4, -0.2) is 14.9 Å². The van der Waals surface area contributed by atoms with Gasteiger partial charge in [-0.15, -0.1) is 0 Å². The predicted octanol–water partition coefficient (Wildman–Crippen LogP) is 6.04. The van der Waals surface area contributed by atoms with E-state index in [9.17, 15) is 9.00 Å². The summed E-state index contributed by atoms with van der Waals surface area (Å²) in [4.78, 5) is 11.3. The van der Waals surface area contributed by atoms with Gasteiger partial charge in [0.2, 0.25) is 5.91 Å². The first-order chi connectivity index (χ1) is 13.9. The van der Waals surface area contributed by atoms with Crippen molar-refractivity contribution in [2.24, 2.45) is 0 Å². The second kappa shape index (κ2) is 9.90. The van der Waals surface area contributed by atoms with E-state index in [-0.39, 0.29) is 16.7 Å². The van der Waals surface area contributed by atoms with Gasteiger partial charge in [-0.2, -0.15) is 0 Å². The van der Waals surface area contributed by atoms with Crippen LogP contribution in [0.15, 0.2) is 30.3 Å². The van der Waals surface area contributed by atoms with Crippen LogP contribution >= 0.6 is 11.6 Å². The van der Waals surface area contributed by atoms with Gasteiger partial charge in [-0.1, -0.05) is 24.6 Å². The molecule has 0 aliphatic rings. The van der Waals surface area contributed by atoms with E-state index >= 15 is 4.39 Å². The highest BCUT2D eigenvalue weighted by Gasteiger charge is 2.26. The smallest absolute Gasteiger partial charge is 0.221 e. The van der Waals surface area contributed by atoms with Crippen molar-refractivity contribution in [3.05, 3.63) is 52.3 Å². The molecule has 0 aliphatic carbocycles. The number of anilines is 1. The number of aryl methyl sites for hydroxylation is 1. The minimum atomic E-state index is -1.36. The number of amides is 1. The number of hydrogen-bond donors (Lipinski definition) is 2. The van der Waals surface area contributed by atoms with E-state index in [2.05, 4.69) is 10.0 Å². The number of halogens is 2. The summed E-state index contributed by atoms with van der Waals surface area (Å²) in [7, 11) is -1.36. The third kappa shape index (κ3) is 6.03. The molecule has 0 aromatic heterocycles. The molecule has 0 aliphatic heterocycles. The fraction of sp³-hybridized carbons (Fsp3) is 0.409. The largest absolute Gasteiger partial charge is 0.453 e. The quantitative estimate of drug-likeness (QED) is 0.535. The monoisotopic (exact) mass is 454 g/mol. The molecule has 5 nitrogen and oxygen atoms in total. The third-order valence-electron chi connectivity index (χ3n) is 4.40. The maximum absolute atomic E-state index is 15.3. The van der Waals surface area contributed by atoms with Crippen molar-refractivity contribution in [1.82, 2.24) is 4.72 Å². The normalized spacial score (nSPS) is 13.6. The highest BCUT2D eigenvalue weighted by molar-refractivity contribution is 7.84. The number of carbonyl (C=O) groups is 1. The van der Waals surface area contributed by atoms with Crippen molar-refractivity contribution in [2.45, 2.75) is 58.8 Å². The Morgan fingerprint density at radius 2 is 1.93 bits per heavy atom. The summed E-state index contributed by atoms with van der Waals surface area (Å²) in [5, 5.41) is 2.85. The van der Waals surface area contributed by atoms with Crippen LogP contribution in [0.3, 0.4) is 0 Å². The van der Waals surface area contributed by atoms with Gasteiger partial charge in [0.05, 0.1) is 20.8 Å². The van der Waals surface area contributed by atoms with E-state index in [1.54, 1.807) is 30.3 Å². The third-order valence-corrected chi connectivity index (χ3v) is 6.31. The minimum absolute atomic E-state index is 0.0948. The van der Waals surface area contributed by atoms with Gasteiger partial charge in [0.25, 0.3) is 0 Å². The average molecular weight is 455 g/mol. The summed E-state index contributed by atoms with van der Waals surface area (Å²) >= 11 is 6.22. The van der Waals surface area contributed by atoms with Gasteiger partial charge >= 0.3 is 0 Å². The van der Waals surface area contributed by atoms with Gasteiger partial charge in [-0.25, -0.2) is 13.3 Å². The van der Waals surface area contributed by atoms with E-state index < -0.39 is 27.6 Å². The van der Waals surface area contributed by atoms with E-state index in [4.69, 9.17) is 16.3 Å². The van der Waals surface area contributed by atoms with Crippen LogP contribution in [0.2, 0.25) is 5.02 Å². The molecule has 8 heteroatoms. The molecule has 0 bridgehead atoms. The molecule has 0 saturated carbocycles. The van der Waals surface area contributed by atoms with Gasteiger partial charge in [-0.05, 0) is 63.9 Å². The van der Waals surface area contributed by atoms with E-state index in [0.29, 0.717) is 23.4 Å². The summed E-state index contributed by atoms with van der Waals surface area (Å²) in [5.74, 6) is -0.489. The second-order valence-electron chi connectivity index (χ2n) is 8.00. The lowest BCUT2D eigenvalue weighted by atomic mass is 10.0. The summed E-state index contributed by atoms with van der Waals surface area (Å²) in [5.41, 5.74) is 1.75. The van der Waals surface area contributed by atoms with Gasteiger partial charge in [0.1, 0.15) is 5.75 Å². The standard InChI is InChI=1S/C22H28ClFN2O3S/c1-7-18(26-30(28)22(4,5)6)16-9-10-17(23)21(20(16)24)29-15-8-11-19(13(2)12-15)25-14(3)27/h8-12,18,26H,7H2,1-6H3,(H,25,27)/t18-,30-/m1/s1. The van der Waals surface area contributed by atoms with Gasteiger partial charge in [0.15, 0.2) is 11.6 Å². The molecular formula is C22H28ClFN2O3S. The Hall–Kier alpha value is -1.96. The number of rotatable bonds is 7. The Morgan fingerprint density at radius 1 is 1.27 bits per heavy atom. The van der Waals surface area contributed by atoms with Gasteiger partial charge in [-0.3, -0.25) is 4.79 Å². The lowest BCUT2D eigenvalue weighted by molar-refractivity contribution is -0.114.